The average Bonchev–Trinajstić information content (AvgIpc) is 3.70. The van der Waals surface area contributed by atoms with Crippen molar-refractivity contribution in [1.82, 2.24) is 0 Å². The minimum Gasteiger partial charge on any atom is -0.310 e. The number of nitrogens with zero attached hydrogens (tertiary/aromatic N) is 2. The van der Waals surface area contributed by atoms with Crippen LogP contribution < -0.4 is 9.80 Å². The molecule has 0 bridgehead atoms. The number of benzene rings is 7. The van der Waals surface area contributed by atoms with Crippen LogP contribution in [0.2, 0.25) is 5.02 Å². The minimum absolute atomic E-state index is 0.782. The Balaban J connectivity index is 1.21. The van der Waals surface area contributed by atoms with E-state index in [1.165, 1.54) is 35.0 Å². The summed E-state index contributed by atoms with van der Waals surface area (Å²) in [6.07, 6.45) is 0. The zero-order valence-electron chi connectivity index (χ0n) is 25.2. The van der Waals surface area contributed by atoms with E-state index in [-0.39, 0.29) is 0 Å². The number of fused-ring (bicyclic) bond motifs is 6. The third kappa shape index (κ3) is 4.85. The van der Waals surface area contributed by atoms with E-state index in [9.17, 15) is 0 Å². The molecule has 0 aliphatic rings. The van der Waals surface area contributed by atoms with Crippen molar-refractivity contribution in [2.75, 3.05) is 9.80 Å². The second-order valence-electron chi connectivity index (χ2n) is 11.5. The van der Waals surface area contributed by atoms with Crippen LogP contribution in [-0.2, 0) is 0 Å². The number of halogens is 1. The Kier molecular flexibility index (Phi) is 6.93. The van der Waals surface area contributed by atoms with Gasteiger partial charge in [0.05, 0.1) is 15.4 Å². The Morgan fingerprint density at radius 2 is 0.957 bits per heavy atom. The largest absolute Gasteiger partial charge is 0.310 e. The first-order chi connectivity index (χ1) is 23.2. The van der Waals surface area contributed by atoms with Crippen molar-refractivity contribution in [1.29, 1.82) is 0 Å². The molecule has 2 nitrogen and oxygen atoms in total. The molecule has 2 aromatic heterocycles. The van der Waals surface area contributed by atoms with Crippen LogP contribution in [0.5, 0.6) is 0 Å². The molecule has 0 aliphatic carbocycles. The van der Waals surface area contributed by atoms with Crippen molar-refractivity contribution in [2.24, 2.45) is 0 Å². The van der Waals surface area contributed by atoms with Gasteiger partial charge in [0.15, 0.2) is 0 Å². The summed E-state index contributed by atoms with van der Waals surface area (Å²) in [6, 6.07) is 58.3. The van der Waals surface area contributed by atoms with Crippen LogP contribution in [0.15, 0.2) is 164 Å². The highest BCUT2D eigenvalue weighted by Gasteiger charge is 2.21. The lowest BCUT2D eigenvalue weighted by molar-refractivity contribution is 1.29. The lowest BCUT2D eigenvalue weighted by Crippen LogP contribution is -2.10. The number of thiophene rings is 2. The van der Waals surface area contributed by atoms with Gasteiger partial charge in [-0.2, -0.15) is 0 Å². The maximum Gasteiger partial charge on any atom is 0.0641 e. The molecule has 2 heterocycles. The summed E-state index contributed by atoms with van der Waals surface area (Å²) in [7, 11) is 0. The molecule has 5 heteroatoms. The molecule has 0 spiro atoms. The monoisotopic (exact) mass is 658 g/mol. The van der Waals surface area contributed by atoms with E-state index in [0.717, 1.165) is 44.5 Å². The van der Waals surface area contributed by atoms with Gasteiger partial charge in [0.1, 0.15) is 0 Å². The van der Waals surface area contributed by atoms with Crippen molar-refractivity contribution >= 4 is 109 Å². The van der Waals surface area contributed by atoms with Crippen LogP contribution in [0.3, 0.4) is 0 Å². The summed E-state index contributed by atoms with van der Waals surface area (Å²) in [5, 5.41) is 5.61. The molecule has 9 rings (SSSR count). The summed E-state index contributed by atoms with van der Waals surface area (Å²) < 4.78 is 4.95. The number of anilines is 6. The van der Waals surface area contributed by atoms with E-state index in [2.05, 4.69) is 168 Å². The molecule has 9 aromatic rings. The van der Waals surface area contributed by atoms with Gasteiger partial charge in [0.2, 0.25) is 0 Å². The summed E-state index contributed by atoms with van der Waals surface area (Å²) in [5.41, 5.74) is 6.76. The molecule has 0 radical (unpaired) electrons. The van der Waals surface area contributed by atoms with Gasteiger partial charge in [-0.1, -0.05) is 90.5 Å². The Morgan fingerprint density at radius 1 is 0.383 bits per heavy atom. The molecule has 47 heavy (non-hydrogen) atoms. The van der Waals surface area contributed by atoms with Crippen LogP contribution in [0.25, 0.3) is 40.3 Å². The summed E-state index contributed by atoms with van der Waals surface area (Å²) in [5.74, 6) is 0. The Bertz CT molecular complexity index is 2500. The molecule has 0 saturated heterocycles. The van der Waals surface area contributed by atoms with Gasteiger partial charge in [-0.05, 0) is 84.9 Å². The second-order valence-corrected chi connectivity index (χ2v) is 14.1. The zero-order chi connectivity index (χ0) is 31.3. The quantitative estimate of drug-likeness (QED) is 0.175. The molecular formula is C42H27ClN2S2. The van der Waals surface area contributed by atoms with Crippen molar-refractivity contribution in [3.05, 3.63) is 169 Å². The summed E-state index contributed by atoms with van der Waals surface area (Å²) in [4.78, 5) is 4.70. The number of hydrogen-bond acceptors (Lipinski definition) is 4. The van der Waals surface area contributed by atoms with Gasteiger partial charge >= 0.3 is 0 Å². The number of rotatable bonds is 6. The molecule has 0 aliphatic heterocycles. The van der Waals surface area contributed by atoms with Crippen LogP contribution >= 0.6 is 34.3 Å². The van der Waals surface area contributed by atoms with E-state index in [0.29, 0.717) is 0 Å². The summed E-state index contributed by atoms with van der Waals surface area (Å²) in [6.45, 7) is 0. The van der Waals surface area contributed by atoms with E-state index in [1.54, 1.807) is 11.3 Å². The van der Waals surface area contributed by atoms with Gasteiger partial charge in [-0.15, -0.1) is 22.7 Å². The Morgan fingerprint density at radius 3 is 1.66 bits per heavy atom. The van der Waals surface area contributed by atoms with Gasteiger partial charge < -0.3 is 9.80 Å². The Hall–Kier alpha value is -5.13. The van der Waals surface area contributed by atoms with Crippen molar-refractivity contribution in [3.8, 4) is 0 Å². The molecule has 7 aromatic carbocycles. The normalized spacial score (nSPS) is 11.5. The lowest BCUT2D eigenvalue weighted by Gasteiger charge is -2.26. The van der Waals surface area contributed by atoms with Crippen LogP contribution in [0.4, 0.5) is 34.1 Å². The topological polar surface area (TPSA) is 6.48 Å². The molecule has 0 amide bonds. The third-order valence-electron chi connectivity index (χ3n) is 8.69. The molecule has 0 N–H and O–H groups in total. The molecule has 0 atom stereocenters. The highest BCUT2D eigenvalue weighted by Crippen LogP contribution is 2.48. The number of para-hydroxylation sites is 3. The highest BCUT2D eigenvalue weighted by atomic mass is 35.5. The average molecular weight is 659 g/mol. The first-order valence-corrected chi connectivity index (χ1v) is 17.6. The SMILES string of the molecule is Clc1ccc(N(c2ccccc2)c2ccc3c(c2)sc2ccc(N(c4ccccc4)c4ccccc4)cc23)c2sc3ccccc3c12. The third-order valence-corrected chi connectivity index (χ3v) is 11.3. The van der Waals surface area contributed by atoms with Crippen LogP contribution in [0.1, 0.15) is 0 Å². The molecule has 0 fully saturated rings. The highest BCUT2D eigenvalue weighted by molar-refractivity contribution is 7.26. The fraction of sp³-hybridized carbons (Fsp3) is 0. The second kappa shape index (κ2) is 11.6. The predicted molar refractivity (Wildman–Crippen MR) is 207 cm³/mol. The van der Waals surface area contributed by atoms with Gasteiger partial charge in [-0.25, -0.2) is 0 Å². The van der Waals surface area contributed by atoms with Crippen molar-refractivity contribution in [3.63, 3.8) is 0 Å². The van der Waals surface area contributed by atoms with E-state index in [4.69, 9.17) is 11.6 Å². The minimum atomic E-state index is 0.782. The first kappa shape index (κ1) is 28.1. The fourth-order valence-electron chi connectivity index (χ4n) is 6.59. The fourth-order valence-corrected chi connectivity index (χ4v) is 9.26. The molecule has 0 saturated carbocycles. The Labute approximate surface area is 285 Å². The van der Waals surface area contributed by atoms with Crippen molar-refractivity contribution in [2.45, 2.75) is 0 Å². The molecule has 0 unspecified atom stereocenters. The zero-order valence-corrected chi connectivity index (χ0v) is 27.6. The maximum absolute atomic E-state index is 6.87. The lowest BCUT2D eigenvalue weighted by atomic mass is 10.1. The van der Waals surface area contributed by atoms with Crippen LogP contribution in [0, 0.1) is 0 Å². The summed E-state index contributed by atoms with van der Waals surface area (Å²) >= 11 is 10.5. The number of hydrogen-bond donors (Lipinski definition) is 0. The maximum atomic E-state index is 6.87. The smallest absolute Gasteiger partial charge is 0.0641 e. The van der Waals surface area contributed by atoms with E-state index in [1.807, 2.05) is 17.4 Å². The predicted octanol–water partition coefficient (Wildman–Crippen LogP) is 14.0. The standard InChI is InChI=1S/C42H27ClN2S2/c43-36-23-24-37(42-41(36)34-18-10-11-19-38(34)47-42)45(30-16-8-3-9-17-30)32-20-22-33-35-26-31(21-25-39(35)46-40(33)27-32)44(28-12-4-1-5-13-28)29-14-6-2-7-15-29/h1-27H. The van der Waals surface area contributed by atoms with Gasteiger partial charge in [0, 0.05) is 64.1 Å². The molecule has 224 valence electrons. The van der Waals surface area contributed by atoms with Gasteiger partial charge in [-0.3, -0.25) is 0 Å². The van der Waals surface area contributed by atoms with Crippen LogP contribution in [-0.4, -0.2) is 0 Å². The van der Waals surface area contributed by atoms with Crippen molar-refractivity contribution < 1.29 is 0 Å². The van der Waals surface area contributed by atoms with E-state index < -0.39 is 0 Å². The van der Waals surface area contributed by atoms with E-state index >= 15 is 0 Å². The first-order valence-electron chi connectivity index (χ1n) is 15.5. The van der Waals surface area contributed by atoms with Gasteiger partial charge in [0.25, 0.3) is 0 Å². The molecular weight excluding hydrogens is 632 g/mol.